The van der Waals surface area contributed by atoms with Gasteiger partial charge in [0.2, 0.25) is 0 Å². The highest BCUT2D eigenvalue weighted by Crippen LogP contribution is 2.29. The van der Waals surface area contributed by atoms with Crippen molar-refractivity contribution in [2.45, 2.75) is 4.90 Å². The van der Waals surface area contributed by atoms with Gasteiger partial charge in [-0.15, -0.1) is 11.8 Å². The van der Waals surface area contributed by atoms with Crippen LogP contribution in [0.2, 0.25) is 0 Å². The van der Waals surface area contributed by atoms with Crippen molar-refractivity contribution in [1.29, 1.82) is 10.5 Å². The van der Waals surface area contributed by atoms with Gasteiger partial charge in [-0.25, -0.2) is 4.39 Å². The summed E-state index contributed by atoms with van der Waals surface area (Å²) in [5, 5.41) is 21.1. The van der Waals surface area contributed by atoms with Gasteiger partial charge in [0.1, 0.15) is 18.0 Å². The summed E-state index contributed by atoms with van der Waals surface area (Å²) in [7, 11) is 0. The van der Waals surface area contributed by atoms with Crippen molar-refractivity contribution < 1.29 is 4.39 Å². The Labute approximate surface area is 120 Å². The quantitative estimate of drug-likeness (QED) is 0.864. The predicted molar refractivity (Wildman–Crippen MR) is 77.3 cm³/mol. The maximum atomic E-state index is 13.3. The van der Waals surface area contributed by atoms with Gasteiger partial charge in [0.05, 0.1) is 16.8 Å². The number of nitrogens with zero attached hydrogens (tertiary/aromatic N) is 2. The number of nitrogens with one attached hydrogen (secondary N) is 1. The van der Waals surface area contributed by atoms with Crippen LogP contribution < -0.4 is 5.32 Å². The minimum Gasteiger partial charge on any atom is -0.354 e. The molecule has 0 radical (unpaired) electrons. The Balaban J connectivity index is 2.41. The molecule has 2 aromatic rings. The van der Waals surface area contributed by atoms with Crippen LogP contribution in [0.3, 0.4) is 0 Å². The van der Waals surface area contributed by atoms with E-state index < -0.39 is 5.82 Å². The molecule has 98 valence electrons. The molecular formula is C15H10FN3S. The van der Waals surface area contributed by atoms with E-state index in [-0.39, 0.29) is 5.56 Å². The van der Waals surface area contributed by atoms with Crippen LogP contribution in [0.25, 0.3) is 0 Å². The summed E-state index contributed by atoms with van der Waals surface area (Å²) in [6, 6.07) is 13.6. The van der Waals surface area contributed by atoms with Crippen LogP contribution in [0.1, 0.15) is 11.1 Å². The van der Waals surface area contributed by atoms with Crippen LogP contribution in [0.15, 0.2) is 41.3 Å². The number of nitriles is 2. The molecule has 0 fully saturated rings. The van der Waals surface area contributed by atoms with Crippen LogP contribution in [0.5, 0.6) is 0 Å². The highest BCUT2D eigenvalue weighted by molar-refractivity contribution is 7.98. The maximum Gasteiger partial charge on any atom is 0.141 e. The number of rotatable bonds is 3. The van der Waals surface area contributed by atoms with Gasteiger partial charge in [0.15, 0.2) is 0 Å². The molecule has 1 N–H and O–H groups in total. The number of anilines is 2. The predicted octanol–water partition coefficient (Wildman–Crippen LogP) is 4.03. The number of halogens is 1. The third kappa shape index (κ3) is 2.74. The normalized spacial score (nSPS) is 9.60. The second-order valence-electron chi connectivity index (χ2n) is 3.93. The third-order valence-corrected chi connectivity index (χ3v) is 3.50. The molecule has 0 aliphatic rings. The van der Waals surface area contributed by atoms with Gasteiger partial charge in [-0.1, -0.05) is 6.07 Å². The van der Waals surface area contributed by atoms with Crippen molar-refractivity contribution >= 4 is 23.1 Å². The summed E-state index contributed by atoms with van der Waals surface area (Å²) >= 11 is 1.48. The van der Waals surface area contributed by atoms with E-state index in [1.807, 2.05) is 18.4 Å². The third-order valence-electron chi connectivity index (χ3n) is 2.72. The Morgan fingerprint density at radius 2 is 1.95 bits per heavy atom. The molecule has 0 unspecified atom stereocenters. The molecule has 0 aliphatic carbocycles. The molecule has 5 heteroatoms. The molecule has 20 heavy (non-hydrogen) atoms. The molecule has 0 spiro atoms. The van der Waals surface area contributed by atoms with Gasteiger partial charge in [0.25, 0.3) is 0 Å². The Hall–Kier alpha value is -2.50. The Kier molecular flexibility index (Phi) is 4.24. The molecule has 0 atom stereocenters. The van der Waals surface area contributed by atoms with E-state index in [0.29, 0.717) is 16.9 Å². The van der Waals surface area contributed by atoms with Gasteiger partial charge in [0, 0.05) is 10.6 Å². The topological polar surface area (TPSA) is 59.6 Å². The molecule has 0 heterocycles. The molecule has 0 saturated heterocycles. The lowest BCUT2D eigenvalue weighted by atomic mass is 10.1. The minimum atomic E-state index is -0.559. The van der Waals surface area contributed by atoms with Crippen molar-refractivity contribution in [1.82, 2.24) is 0 Å². The summed E-state index contributed by atoms with van der Waals surface area (Å²) in [5.41, 5.74) is 1.70. The number of benzene rings is 2. The lowest BCUT2D eigenvalue weighted by Gasteiger charge is -2.11. The van der Waals surface area contributed by atoms with Crippen molar-refractivity contribution in [2.75, 3.05) is 11.6 Å². The van der Waals surface area contributed by atoms with E-state index >= 15 is 0 Å². The molecule has 2 rings (SSSR count). The fraction of sp³-hybridized carbons (Fsp3) is 0.0667. The molecule has 0 bridgehead atoms. The van der Waals surface area contributed by atoms with Crippen molar-refractivity contribution in [3.63, 3.8) is 0 Å². The Bertz CT molecular complexity index is 729. The molecule has 0 saturated carbocycles. The zero-order valence-electron chi connectivity index (χ0n) is 10.6. The van der Waals surface area contributed by atoms with Gasteiger partial charge in [-0.3, -0.25) is 0 Å². The second kappa shape index (κ2) is 6.10. The molecular weight excluding hydrogens is 273 g/mol. The smallest absolute Gasteiger partial charge is 0.141 e. The first-order valence-electron chi connectivity index (χ1n) is 5.73. The van der Waals surface area contributed by atoms with E-state index in [0.717, 1.165) is 4.90 Å². The average Bonchev–Trinajstić information content (AvgIpc) is 2.48. The van der Waals surface area contributed by atoms with Gasteiger partial charge >= 0.3 is 0 Å². The summed E-state index contributed by atoms with van der Waals surface area (Å²) in [5.74, 6) is -0.559. The molecule has 0 amide bonds. The van der Waals surface area contributed by atoms with Crippen LogP contribution in [0, 0.1) is 28.5 Å². The maximum absolute atomic E-state index is 13.3. The summed E-state index contributed by atoms with van der Waals surface area (Å²) in [6.07, 6.45) is 1.89. The van der Waals surface area contributed by atoms with Crippen molar-refractivity contribution in [3.8, 4) is 12.1 Å². The molecule has 0 aromatic heterocycles. The lowest BCUT2D eigenvalue weighted by Crippen LogP contribution is -1.96. The first-order chi connectivity index (χ1) is 9.69. The number of hydrogen-bond acceptors (Lipinski definition) is 4. The molecule has 2 aromatic carbocycles. The van der Waals surface area contributed by atoms with Gasteiger partial charge < -0.3 is 5.32 Å². The van der Waals surface area contributed by atoms with E-state index in [4.69, 9.17) is 5.26 Å². The number of hydrogen-bond donors (Lipinski definition) is 1. The van der Waals surface area contributed by atoms with Crippen LogP contribution >= 0.6 is 11.8 Å². The van der Waals surface area contributed by atoms with E-state index in [1.165, 1.54) is 30.0 Å². The summed E-state index contributed by atoms with van der Waals surface area (Å²) in [4.78, 5) is 0.861. The average molecular weight is 283 g/mol. The molecule has 3 nitrogen and oxygen atoms in total. The summed E-state index contributed by atoms with van der Waals surface area (Å²) < 4.78 is 13.3. The lowest BCUT2D eigenvalue weighted by molar-refractivity contribution is 0.624. The Morgan fingerprint density at radius 1 is 1.15 bits per heavy atom. The highest BCUT2D eigenvalue weighted by atomic mass is 32.2. The Morgan fingerprint density at radius 3 is 2.60 bits per heavy atom. The van der Waals surface area contributed by atoms with Gasteiger partial charge in [-0.05, 0) is 36.6 Å². The largest absolute Gasteiger partial charge is 0.354 e. The van der Waals surface area contributed by atoms with Crippen molar-refractivity contribution in [2.24, 2.45) is 0 Å². The first-order valence-corrected chi connectivity index (χ1v) is 6.96. The fourth-order valence-corrected chi connectivity index (χ4v) is 2.34. The van der Waals surface area contributed by atoms with E-state index in [9.17, 15) is 9.65 Å². The highest BCUT2D eigenvalue weighted by Gasteiger charge is 2.09. The van der Waals surface area contributed by atoms with Crippen molar-refractivity contribution in [3.05, 3.63) is 53.3 Å². The standard InChI is InChI=1S/C15H10FN3S/c1-20-15-4-2-3-14(12(15)9-18)19-11-5-6-13(16)10(7-11)8-17/h2-7,19H,1H3. The molecule has 0 aliphatic heterocycles. The second-order valence-corrected chi connectivity index (χ2v) is 4.77. The zero-order chi connectivity index (χ0) is 14.5. The van der Waals surface area contributed by atoms with Crippen LogP contribution in [0.4, 0.5) is 15.8 Å². The van der Waals surface area contributed by atoms with E-state index in [2.05, 4.69) is 11.4 Å². The minimum absolute atomic E-state index is 0.0328. The van der Waals surface area contributed by atoms with Crippen LogP contribution in [-0.4, -0.2) is 6.26 Å². The van der Waals surface area contributed by atoms with Gasteiger partial charge in [-0.2, -0.15) is 10.5 Å². The summed E-state index contributed by atoms with van der Waals surface area (Å²) in [6.45, 7) is 0. The number of thioether (sulfide) groups is 1. The monoisotopic (exact) mass is 283 g/mol. The zero-order valence-corrected chi connectivity index (χ0v) is 11.5. The van der Waals surface area contributed by atoms with E-state index in [1.54, 1.807) is 12.1 Å². The first kappa shape index (κ1) is 13.9. The van der Waals surface area contributed by atoms with Crippen LogP contribution in [-0.2, 0) is 0 Å². The fourth-order valence-electron chi connectivity index (χ4n) is 1.76. The SMILES string of the molecule is CSc1cccc(Nc2ccc(F)c(C#N)c2)c1C#N.